The predicted octanol–water partition coefficient (Wildman–Crippen LogP) is 4.54. The highest BCUT2D eigenvalue weighted by Crippen LogP contribution is 2.29. The highest BCUT2D eigenvalue weighted by Gasteiger charge is 2.36. The number of barbiturate groups is 1. The van der Waals surface area contributed by atoms with Gasteiger partial charge >= 0.3 is 6.03 Å². The number of amides is 4. The van der Waals surface area contributed by atoms with Gasteiger partial charge in [-0.25, -0.2) is 14.1 Å². The maximum absolute atomic E-state index is 13.8. The lowest BCUT2D eigenvalue weighted by Gasteiger charge is -2.26. The summed E-state index contributed by atoms with van der Waals surface area (Å²) in [6.45, 7) is 0.0241. The van der Waals surface area contributed by atoms with Crippen molar-refractivity contribution < 1.29 is 28.6 Å². The summed E-state index contributed by atoms with van der Waals surface area (Å²) in [5.41, 5.74) is 0.860. The number of imide groups is 2. The van der Waals surface area contributed by atoms with Gasteiger partial charge in [0.1, 0.15) is 29.5 Å². The largest absolute Gasteiger partial charge is 0.508 e. The van der Waals surface area contributed by atoms with Crippen LogP contribution in [0.15, 0.2) is 76.8 Å². The summed E-state index contributed by atoms with van der Waals surface area (Å²) in [6.07, 6.45) is 1.35. The van der Waals surface area contributed by atoms with Crippen LogP contribution in [0.1, 0.15) is 11.1 Å². The summed E-state index contributed by atoms with van der Waals surface area (Å²) >= 11 is 3.38. The number of hydrogen-bond donors (Lipinski definition) is 2. The Morgan fingerprint density at radius 2 is 1.76 bits per heavy atom. The van der Waals surface area contributed by atoms with E-state index in [1.807, 2.05) is 0 Å². The van der Waals surface area contributed by atoms with Gasteiger partial charge in [-0.3, -0.25) is 14.9 Å². The Morgan fingerprint density at radius 3 is 2.45 bits per heavy atom. The first kappa shape index (κ1) is 22.2. The van der Waals surface area contributed by atoms with Crippen molar-refractivity contribution in [2.45, 2.75) is 6.61 Å². The van der Waals surface area contributed by atoms with Gasteiger partial charge in [-0.15, -0.1) is 0 Å². The first-order chi connectivity index (χ1) is 15.8. The summed E-state index contributed by atoms with van der Waals surface area (Å²) in [4.78, 5) is 38.3. The zero-order chi connectivity index (χ0) is 23.5. The molecule has 4 amide bonds. The van der Waals surface area contributed by atoms with E-state index in [4.69, 9.17) is 4.74 Å². The van der Waals surface area contributed by atoms with E-state index in [9.17, 15) is 23.9 Å². The number of carbonyl (C=O) groups excluding carboxylic acids is 3. The Balaban J connectivity index is 1.57. The maximum Gasteiger partial charge on any atom is 0.335 e. The van der Waals surface area contributed by atoms with Crippen LogP contribution < -0.4 is 15.0 Å². The van der Waals surface area contributed by atoms with E-state index in [1.54, 1.807) is 36.4 Å². The third-order valence-electron chi connectivity index (χ3n) is 4.82. The molecule has 1 heterocycles. The number of nitrogens with zero attached hydrogens (tertiary/aromatic N) is 1. The summed E-state index contributed by atoms with van der Waals surface area (Å²) in [5.74, 6) is -1.58. The minimum Gasteiger partial charge on any atom is -0.508 e. The van der Waals surface area contributed by atoms with Crippen LogP contribution in [0.5, 0.6) is 11.5 Å². The first-order valence-corrected chi connectivity index (χ1v) is 10.5. The van der Waals surface area contributed by atoms with Gasteiger partial charge < -0.3 is 9.84 Å². The molecule has 1 saturated heterocycles. The van der Waals surface area contributed by atoms with Crippen LogP contribution in [0.4, 0.5) is 14.9 Å². The van der Waals surface area contributed by atoms with Crippen molar-refractivity contribution in [1.29, 1.82) is 0 Å². The van der Waals surface area contributed by atoms with Gasteiger partial charge in [0.05, 0.1) is 10.2 Å². The summed E-state index contributed by atoms with van der Waals surface area (Å²) in [7, 11) is 0. The van der Waals surface area contributed by atoms with Crippen molar-refractivity contribution in [2.75, 3.05) is 4.90 Å². The zero-order valence-corrected chi connectivity index (χ0v) is 18.5. The van der Waals surface area contributed by atoms with E-state index < -0.39 is 17.8 Å². The standard InChI is InChI=1S/C24H16BrFN2O5/c25-19-12-14(5-10-21(19)33-13-15-3-1-2-4-20(15)26)11-18-22(30)27-24(32)28(23(18)31)16-6-8-17(29)9-7-16/h1-12,29H,13H2,(H,27,30,32)/b18-11+. The predicted molar refractivity (Wildman–Crippen MR) is 122 cm³/mol. The highest BCUT2D eigenvalue weighted by atomic mass is 79.9. The third-order valence-corrected chi connectivity index (χ3v) is 5.44. The van der Waals surface area contributed by atoms with Crippen molar-refractivity contribution in [2.24, 2.45) is 0 Å². The molecule has 9 heteroatoms. The SMILES string of the molecule is O=C1NC(=O)N(c2ccc(O)cc2)C(=O)/C1=C/c1ccc(OCc2ccccc2F)c(Br)c1. The van der Waals surface area contributed by atoms with E-state index in [1.165, 1.54) is 36.4 Å². The smallest absolute Gasteiger partial charge is 0.335 e. The average Bonchev–Trinajstić information content (AvgIpc) is 2.78. The molecule has 0 bridgehead atoms. The van der Waals surface area contributed by atoms with Crippen LogP contribution in [-0.4, -0.2) is 23.0 Å². The molecule has 0 radical (unpaired) electrons. The Kier molecular flexibility index (Phi) is 6.23. The lowest BCUT2D eigenvalue weighted by Crippen LogP contribution is -2.54. The molecule has 1 aliphatic heterocycles. The Bertz CT molecular complexity index is 1290. The number of anilines is 1. The van der Waals surface area contributed by atoms with Gasteiger partial charge in [0.25, 0.3) is 11.8 Å². The first-order valence-electron chi connectivity index (χ1n) is 9.70. The zero-order valence-electron chi connectivity index (χ0n) is 16.9. The van der Waals surface area contributed by atoms with Gasteiger partial charge in [0, 0.05) is 5.56 Å². The molecular formula is C24H16BrFN2O5. The van der Waals surface area contributed by atoms with Crippen LogP contribution in [0, 0.1) is 5.82 Å². The molecule has 3 aromatic rings. The van der Waals surface area contributed by atoms with Crippen LogP contribution in [-0.2, 0) is 16.2 Å². The number of nitrogens with one attached hydrogen (secondary N) is 1. The van der Waals surface area contributed by atoms with Gasteiger partial charge in [0.15, 0.2) is 0 Å². The summed E-state index contributed by atoms with van der Waals surface area (Å²) in [6, 6.07) is 15.7. The Hall–Kier alpha value is -3.98. The van der Waals surface area contributed by atoms with E-state index >= 15 is 0 Å². The lowest BCUT2D eigenvalue weighted by atomic mass is 10.1. The summed E-state index contributed by atoms with van der Waals surface area (Å²) in [5, 5.41) is 11.6. The number of aromatic hydroxyl groups is 1. The molecule has 1 aliphatic rings. The van der Waals surface area contributed by atoms with Crippen LogP contribution >= 0.6 is 15.9 Å². The van der Waals surface area contributed by atoms with Crippen molar-refractivity contribution in [1.82, 2.24) is 5.32 Å². The fourth-order valence-corrected chi connectivity index (χ4v) is 3.67. The number of ether oxygens (including phenoxy) is 1. The van der Waals surface area contributed by atoms with E-state index in [2.05, 4.69) is 21.2 Å². The second-order valence-electron chi connectivity index (χ2n) is 7.04. The van der Waals surface area contributed by atoms with Crippen LogP contribution in [0.2, 0.25) is 0 Å². The molecule has 0 atom stereocenters. The van der Waals surface area contributed by atoms with Crippen LogP contribution in [0.25, 0.3) is 6.08 Å². The van der Waals surface area contributed by atoms with Crippen molar-refractivity contribution in [3.05, 3.63) is 93.7 Å². The lowest BCUT2D eigenvalue weighted by molar-refractivity contribution is -0.122. The number of halogens is 2. The molecule has 166 valence electrons. The number of phenols is 1. The molecule has 0 unspecified atom stereocenters. The topological polar surface area (TPSA) is 95.9 Å². The van der Waals surface area contributed by atoms with Crippen molar-refractivity contribution in [3.8, 4) is 11.5 Å². The van der Waals surface area contributed by atoms with Gasteiger partial charge in [-0.2, -0.15) is 0 Å². The van der Waals surface area contributed by atoms with Gasteiger partial charge in [-0.05, 0) is 70.0 Å². The monoisotopic (exact) mass is 510 g/mol. The molecule has 0 aromatic heterocycles. The average molecular weight is 511 g/mol. The molecule has 0 saturated carbocycles. The molecule has 2 N–H and O–H groups in total. The fraction of sp³-hybridized carbons (Fsp3) is 0.0417. The molecule has 0 spiro atoms. The molecule has 33 heavy (non-hydrogen) atoms. The van der Waals surface area contributed by atoms with E-state index in [0.29, 0.717) is 21.3 Å². The number of rotatable bonds is 5. The number of phenolic OH excluding ortho intramolecular Hbond substituents is 1. The van der Waals surface area contributed by atoms with Gasteiger partial charge in [-0.1, -0.05) is 24.3 Å². The van der Waals surface area contributed by atoms with Crippen molar-refractivity contribution >= 4 is 45.5 Å². The third kappa shape index (κ3) is 4.78. The second kappa shape index (κ2) is 9.25. The normalized spacial score (nSPS) is 15.0. The summed E-state index contributed by atoms with van der Waals surface area (Å²) < 4.78 is 20.0. The van der Waals surface area contributed by atoms with E-state index in [-0.39, 0.29) is 29.4 Å². The minimum absolute atomic E-state index is 0.0241. The van der Waals surface area contributed by atoms with E-state index in [0.717, 1.165) is 4.90 Å². The maximum atomic E-state index is 13.8. The highest BCUT2D eigenvalue weighted by molar-refractivity contribution is 9.10. The number of benzene rings is 3. The Labute approximate surface area is 196 Å². The number of urea groups is 1. The van der Waals surface area contributed by atoms with Crippen LogP contribution in [0.3, 0.4) is 0 Å². The van der Waals surface area contributed by atoms with Gasteiger partial charge in [0.2, 0.25) is 0 Å². The quantitative estimate of drug-likeness (QED) is 0.388. The molecule has 3 aromatic carbocycles. The molecule has 4 rings (SSSR count). The number of carbonyl (C=O) groups is 3. The molecule has 1 fully saturated rings. The Morgan fingerprint density at radius 1 is 1.03 bits per heavy atom. The fourth-order valence-electron chi connectivity index (χ4n) is 3.16. The molecule has 7 nitrogen and oxygen atoms in total. The second-order valence-corrected chi connectivity index (χ2v) is 7.90. The minimum atomic E-state index is -0.883. The van der Waals surface area contributed by atoms with Crippen molar-refractivity contribution in [3.63, 3.8) is 0 Å². The molecular weight excluding hydrogens is 495 g/mol. The molecule has 0 aliphatic carbocycles. The number of hydrogen-bond acceptors (Lipinski definition) is 5.